The molecule has 7 aromatic carbocycles. The molecule has 3 aliphatic rings. The van der Waals surface area contributed by atoms with Crippen molar-refractivity contribution in [3.63, 3.8) is 0 Å². The third kappa shape index (κ3) is 23.4. The minimum Gasteiger partial charge on any atom is -0.207 e. The van der Waals surface area contributed by atoms with E-state index in [0.717, 1.165) is 50.2 Å². The van der Waals surface area contributed by atoms with E-state index in [-0.39, 0.29) is 11.2 Å². The van der Waals surface area contributed by atoms with Crippen molar-refractivity contribution in [2.75, 3.05) is 0 Å². The maximum Gasteiger partial charge on any atom is 0.126 e. The zero-order valence-electron chi connectivity index (χ0n) is 59.9. The van der Waals surface area contributed by atoms with Crippen LogP contribution in [0.25, 0.3) is 0 Å². The van der Waals surface area contributed by atoms with Crippen LogP contribution in [0.1, 0.15) is 262 Å². The first-order valence-corrected chi connectivity index (χ1v) is 35.7. The molecule has 90 heavy (non-hydrogen) atoms. The average Bonchev–Trinajstić information content (AvgIpc) is 2.06. The van der Waals surface area contributed by atoms with E-state index in [1.807, 2.05) is 55.5 Å². The highest BCUT2D eigenvalue weighted by atomic mass is 35.5. The average molecular weight is 1280 g/mol. The van der Waals surface area contributed by atoms with Crippen molar-refractivity contribution in [2.45, 2.75) is 243 Å². The van der Waals surface area contributed by atoms with Crippen molar-refractivity contribution in [3.8, 4) is 0 Å². The summed E-state index contributed by atoms with van der Waals surface area (Å²) in [7, 11) is 0. The van der Waals surface area contributed by atoms with Crippen molar-refractivity contribution < 1.29 is 4.39 Å². The highest BCUT2D eigenvalue weighted by Crippen LogP contribution is 2.54. The fourth-order valence-corrected chi connectivity index (χ4v) is 13.0. The van der Waals surface area contributed by atoms with Gasteiger partial charge in [0.05, 0.1) is 0 Å². The van der Waals surface area contributed by atoms with Gasteiger partial charge in [-0.1, -0.05) is 319 Å². The van der Waals surface area contributed by atoms with Gasteiger partial charge >= 0.3 is 0 Å². The molecule has 4 heteroatoms. The second-order valence-corrected chi connectivity index (χ2v) is 30.9. The fourth-order valence-electron chi connectivity index (χ4n) is 12.6. The van der Waals surface area contributed by atoms with E-state index in [0.29, 0.717) is 46.3 Å². The number of hydrogen-bond acceptors (Lipinski definition) is 0. The monoisotopic (exact) mass is 1280 g/mol. The summed E-state index contributed by atoms with van der Waals surface area (Å²) in [4.78, 5) is 0. The standard InChI is InChI=1S/C15H21Cl.C12H15Cl.C12H17Cl.C12H17F.C12H16.C12H18.C11H16/c1-12(2)15(10-4-3-5-11-15)13-6-8-14(16)9-7-13;1-9(2)12(7-8-12)10-3-5-11(13)6-4-10;1-9(2)12(3,4)10-5-7-11(13)8-6-10;1-8(2)10(4)11-5-6-12(13)9(3)7-11;1-9(2)11-8-7-10-5-3-4-6-12(10)11;1-9(2)11(4)12-7-5-6-10(3)8-12;1-9(2)10(3)11-7-5-4-6-8-11/h6-9,12H,3-5,10-11H2,1-2H3;3-6,9H,7-8H2,1-2H3;5-9H,1-4H3;5-8,10H,1-4H3;3-6,9,11H,7-8H2,1-2H3;5-9,11H,1-4H3;4-10H,1-3H3/t;;;10-;;11-;10-/m...0.00/s1. The Balaban J connectivity index is 0.000000225. The normalized spacial score (nSPS) is 16.3. The van der Waals surface area contributed by atoms with Crippen LogP contribution < -0.4 is 0 Å². The van der Waals surface area contributed by atoms with E-state index in [1.165, 1.54) is 96.7 Å². The number of rotatable bonds is 13. The molecule has 0 saturated heterocycles. The Kier molecular flexibility index (Phi) is 32.2. The van der Waals surface area contributed by atoms with Crippen LogP contribution in [0.4, 0.5) is 4.39 Å². The van der Waals surface area contributed by atoms with Crippen LogP contribution in [0.2, 0.25) is 15.1 Å². The zero-order valence-corrected chi connectivity index (χ0v) is 62.2. The summed E-state index contributed by atoms with van der Waals surface area (Å²) in [5, 5.41) is 2.49. The molecule has 0 nitrogen and oxygen atoms in total. The summed E-state index contributed by atoms with van der Waals surface area (Å²) in [5.41, 5.74) is 14.8. The van der Waals surface area contributed by atoms with Crippen molar-refractivity contribution in [1.82, 2.24) is 0 Å². The van der Waals surface area contributed by atoms with E-state index in [4.69, 9.17) is 34.8 Å². The van der Waals surface area contributed by atoms with Gasteiger partial charge in [-0.05, 0) is 226 Å². The fraction of sp³-hybridized carbons (Fsp3) is 0.512. The molecule has 2 saturated carbocycles. The second-order valence-electron chi connectivity index (χ2n) is 29.6. The van der Waals surface area contributed by atoms with E-state index in [2.05, 4.69) is 254 Å². The van der Waals surface area contributed by atoms with Crippen LogP contribution in [0, 0.1) is 61.1 Å². The van der Waals surface area contributed by atoms with Crippen molar-refractivity contribution >= 4 is 34.8 Å². The van der Waals surface area contributed by atoms with Gasteiger partial charge in [0, 0.05) is 15.1 Å². The molecule has 0 amide bonds. The van der Waals surface area contributed by atoms with Crippen molar-refractivity contribution in [1.29, 1.82) is 0 Å². The lowest BCUT2D eigenvalue weighted by atomic mass is 9.63. The van der Waals surface area contributed by atoms with Crippen LogP contribution in [0.3, 0.4) is 0 Å². The van der Waals surface area contributed by atoms with Gasteiger partial charge in [-0.15, -0.1) is 0 Å². The first-order chi connectivity index (χ1) is 42.4. The van der Waals surface area contributed by atoms with Crippen LogP contribution in [-0.4, -0.2) is 0 Å². The summed E-state index contributed by atoms with van der Waals surface area (Å²) in [6.07, 6.45) is 12.2. The van der Waals surface area contributed by atoms with Gasteiger partial charge < -0.3 is 0 Å². The maximum absolute atomic E-state index is 13.0. The lowest BCUT2D eigenvalue weighted by Crippen LogP contribution is -2.34. The van der Waals surface area contributed by atoms with E-state index in [1.54, 1.807) is 17.2 Å². The minimum absolute atomic E-state index is 0.111. The Bertz CT molecular complexity index is 3050. The number of fused-ring (bicyclic) bond motifs is 1. The van der Waals surface area contributed by atoms with Gasteiger partial charge in [0.2, 0.25) is 0 Å². The van der Waals surface area contributed by atoms with Crippen molar-refractivity contribution in [3.05, 3.63) is 246 Å². The van der Waals surface area contributed by atoms with Crippen molar-refractivity contribution in [2.24, 2.45) is 41.4 Å². The highest BCUT2D eigenvalue weighted by molar-refractivity contribution is 6.31. The molecular formula is C86H120Cl3F. The number of hydrogen-bond donors (Lipinski definition) is 0. The molecule has 0 aliphatic heterocycles. The number of halogens is 4. The van der Waals surface area contributed by atoms with E-state index in [9.17, 15) is 4.39 Å². The van der Waals surface area contributed by atoms with Crippen LogP contribution in [0.15, 0.2) is 170 Å². The Hall–Kier alpha value is -4.66. The SMILES string of the molecule is CC(C)C(C)(C)c1ccc(Cl)cc1.CC(C)C1(c2ccc(Cl)cc2)CC1.CC(C)C1(c2ccc(Cl)cc2)CCCCC1.CC(C)C1CCc2ccccc21.CC(C)[C@H](C)c1ccccc1.Cc1cc([C@@H](C)C(C)C)ccc1F.Cc1cccc([C@@H](C)C(C)C)c1. The molecule has 0 bridgehead atoms. The third-order valence-corrected chi connectivity index (χ3v) is 22.0. The molecule has 4 atom stereocenters. The smallest absolute Gasteiger partial charge is 0.126 e. The summed E-state index contributed by atoms with van der Waals surface area (Å²) < 4.78 is 13.0. The van der Waals surface area contributed by atoms with Gasteiger partial charge in [-0.3, -0.25) is 0 Å². The quantitative estimate of drug-likeness (QED) is 0.108. The Labute approximate surface area is 566 Å². The Morgan fingerprint density at radius 1 is 0.433 bits per heavy atom. The first-order valence-electron chi connectivity index (χ1n) is 34.6. The molecule has 0 radical (unpaired) electrons. The van der Waals surface area contributed by atoms with Gasteiger partial charge in [-0.25, -0.2) is 4.39 Å². The largest absolute Gasteiger partial charge is 0.207 e. The van der Waals surface area contributed by atoms with Gasteiger partial charge in [0.25, 0.3) is 0 Å². The predicted molar refractivity (Wildman–Crippen MR) is 398 cm³/mol. The van der Waals surface area contributed by atoms with Gasteiger partial charge in [-0.2, -0.15) is 0 Å². The molecule has 0 aromatic heterocycles. The molecule has 0 spiro atoms. The summed E-state index contributed by atoms with van der Waals surface area (Å²) in [6, 6.07) is 58.8. The maximum atomic E-state index is 13.0. The zero-order chi connectivity index (χ0) is 67.1. The molecule has 492 valence electrons. The van der Waals surface area contributed by atoms with Gasteiger partial charge in [0.15, 0.2) is 0 Å². The molecular weight excluding hydrogens is 1160 g/mol. The summed E-state index contributed by atoms with van der Waals surface area (Å²) >= 11 is 17.7. The number of benzene rings is 7. The molecule has 7 aromatic rings. The molecule has 10 rings (SSSR count). The predicted octanol–water partition coefficient (Wildman–Crippen LogP) is 28.0. The Morgan fingerprint density at radius 2 is 0.856 bits per heavy atom. The van der Waals surface area contributed by atoms with Crippen LogP contribution in [-0.2, 0) is 22.7 Å². The van der Waals surface area contributed by atoms with E-state index >= 15 is 0 Å². The summed E-state index contributed by atoms with van der Waals surface area (Å²) in [5.74, 6) is 7.51. The molecule has 2 fully saturated rings. The van der Waals surface area contributed by atoms with Crippen LogP contribution >= 0.6 is 34.8 Å². The molecule has 3 aliphatic carbocycles. The third-order valence-electron chi connectivity index (χ3n) is 21.2. The molecule has 0 N–H and O–H groups in total. The number of aryl methyl sites for hydroxylation is 3. The minimum atomic E-state index is -0.111. The summed E-state index contributed by atoms with van der Waals surface area (Å²) in [6.45, 7) is 47.1. The lowest BCUT2D eigenvalue weighted by Gasteiger charge is -2.41. The van der Waals surface area contributed by atoms with Crippen LogP contribution in [0.5, 0.6) is 0 Å². The Morgan fingerprint density at radius 3 is 1.28 bits per heavy atom. The highest BCUT2D eigenvalue weighted by Gasteiger charge is 2.46. The van der Waals surface area contributed by atoms with Gasteiger partial charge in [0.1, 0.15) is 5.82 Å². The first kappa shape index (κ1) is 77.8. The second kappa shape index (κ2) is 37.3. The molecule has 0 heterocycles. The van der Waals surface area contributed by atoms with E-state index < -0.39 is 0 Å². The topological polar surface area (TPSA) is 0 Å². The lowest BCUT2D eigenvalue weighted by molar-refractivity contribution is 0.216. The molecule has 1 unspecified atom stereocenters.